The Kier molecular flexibility index (Phi) is 4.19. The number of ketones is 1. The fourth-order valence-corrected chi connectivity index (χ4v) is 4.14. The molecule has 2 saturated heterocycles. The largest absolute Gasteiger partial charge is 0.469 e. The summed E-state index contributed by atoms with van der Waals surface area (Å²) >= 11 is 12.1. The van der Waals surface area contributed by atoms with Gasteiger partial charge in [0.1, 0.15) is 0 Å². The normalized spacial score (nSPS) is 31.4. The summed E-state index contributed by atoms with van der Waals surface area (Å²) in [6, 6.07) is 5.16. The van der Waals surface area contributed by atoms with Gasteiger partial charge in [0.15, 0.2) is 5.78 Å². The van der Waals surface area contributed by atoms with Crippen LogP contribution in [0.5, 0.6) is 0 Å². The van der Waals surface area contributed by atoms with Crippen molar-refractivity contribution in [2.45, 2.75) is 30.8 Å². The maximum atomic E-state index is 12.3. The van der Waals surface area contributed by atoms with Gasteiger partial charge in [-0.15, -0.1) is 0 Å². The van der Waals surface area contributed by atoms with Crippen molar-refractivity contribution in [3.8, 4) is 0 Å². The van der Waals surface area contributed by atoms with Gasteiger partial charge < -0.3 is 4.74 Å². The summed E-state index contributed by atoms with van der Waals surface area (Å²) in [5.74, 6) is -0.814. The number of fused-ring (bicyclic) bond motifs is 2. The number of esters is 1. The first-order chi connectivity index (χ1) is 10.4. The van der Waals surface area contributed by atoms with Crippen LogP contribution in [0.3, 0.4) is 0 Å². The van der Waals surface area contributed by atoms with Gasteiger partial charge in [-0.05, 0) is 31.2 Å². The molecule has 2 aliphatic heterocycles. The van der Waals surface area contributed by atoms with Crippen LogP contribution in [0.15, 0.2) is 18.2 Å². The van der Waals surface area contributed by atoms with Crippen LogP contribution in [-0.2, 0) is 14.3 Å². The van der Waals surface area contributed by atoms with Gasteiger partial charge in [0.2, 0.25) is 0 Å². The SMILES string of the molecule is COC(=O)[C@@H]1[C@H]2C(=O)C[C@@H](C[C@H]1c1ccc(Cl)c(Cl)c1)N2C. The Balaban J connectivity index is 2.03. The van der Waals surface area contributed by atoms with E-state index in [2.05, 4.69) is 0 Å². The van der Waals surface area contributed by atoms with Gasteiger partial charge in [0, 0.05) is 18.4 Å². The highest BCUT2D eigenvalue weighted by atomic mass is 35.5. The molecule has 0 aromatic heterocycles. The van der Waals surface area contributed by atoms with Crippen LogP contribution in [0.1, 0.15) is 24.3 Å². The number of piperidine rings is 1. The number of methoxy groups -OCH3 is 1. The van der Waals surface area contributed by atoms with Gasteiger partial charge in [-0.1, -0.05) is 29.3 Å². The summed E-state index contributed by atoms with van der Waals surface area (Å²) in [4.78, 5) is 26.6. The fraction of sp³-hybridized carbons (Fsp3) is 0.500. The number of nitrogens with zero attached hydrogens (tertiary/aromatic N) is 1. The molecule has 118 valence electrons. The maximum absolute atomic E-state index is 12.3. The summed E-state index contributed by atoms with van der Waals surface area (Å²) < 4.78 is 4.97. The van der Waals surface area contributed by atoms with E-state index in [-0.39, 0.29) is 23.7 Å². The van der Waals surface area contributed by atoms with Crippen molar-refractivity contribution in [3.05, 3.63) is 33.8 Å². The van der Waals surface area contributed by atoms with E-state index in [0.717, 1.165) is 12.0 Å². The highest BCUT2D eigenvalue weighted by molar-refractivity contribution is 6.42. The molecule has 0 amide bonds. The number of Topliss-reactive ketones (excluding diaryl/α,β-unsaturated/α-hetero) is 1. The molecule has 22 heavy (non-hydrogen) atoms. The highest BCUT2D eigenvalue weighted by Crippen LogP contribution is 2.46. The predicted molar refractivity (Wildman–Crippen MR) is 84.3 cm³/mol. The van der Waals surface area contributed by atoms with E-state index in [4.69, 9.17) is 27.9 Å². The van der Waals surface area contributed by atoms with Gasteiger partial charge in [0.25, 0.3) is 0 Å². The molecule has 4 nitrogen and oxygen atoms in total. The monoisotopic (exact) mass is 341 g/mol. The Labute approximate surface area is 139 Å². The smallest absolute Gasteiger partial charge is 0.311 e. The van der Waals surface area contributed by atoms with Crippen LogP contribution in [0, 0.1) is 5.92 Å². The summed E-state index contributed by atoms with van der Waals surface area (Å²) in [6.07, 6.45) is 1.23. The molecule has 0 N–H and O–H groups in total. The van der Waals surface area contributed by atoms with Crippen molar-refractivity contribution < 1.29 is 14.3 Å². The summed E-state index contributed by atoms with van der Waals surface area (Å²) in [5.41, 5.74) is 0.933. The maximum Gasteiger partial charge on any atom is 0.311 e. The molecule has 1 aromatic rings. The molecular formula is C16H17Cl2NO3. The first kappa shape index (κ1) is 15.8. The lowest BCUT2D eigenvalue weighted by Crippen LogP contribution is -2.50. The van der Waals surface area contributed by atoms with E-state index in [1.807, 2.05) is 18.0 Å². The Bertz CT molecular complexity index is 634. The fourth-order valence-electron chi connectivity index (χ4n) is 3.83. The van der Waals surface area contributed by atoms with Gasteiger partial charge >= 0.3 is 5.97 Å². The molecule has 0 radical (unpaired) electrons. The van der Waals surface area contributed by atoms with Crippen molar-refractivity contribution in [3.63, 3.8) is 0 Å². The van der Waals surface area contributed by atoms with E-state index < -0.39 is 12.0 Å². The third-order valence-electron chi connectivity index (χ3n) is 4.93. The van der Waals surface area contributed by atoms with Gasteiger partial charge in [0.05, 0.1) is 29.1 Å². The van der Waals surface area contributed by atoms with Gasteiger partial charge in [-0.25, -0.2) is 0 Å². The Hall–Kier alpha value is -1.10. The molecule has 0 aliphatic carbocycles. The van der Waals surface area contributed by atoms with Crippen molar-refractivity contribution in [2.24, 2.45) is 5.92 Å². The Morgan fingerprint density at radius 2 is 2.05 bits per heavy atom. The molecule has 4 atom stereocenters. The van der Waals surface area contributed by atoms with Crippen LogP contribution in [0.4, 0.5) is 0 Å². The van der Waals surface area contributed by atoms with Crippen LogP contribution in [0.25, 0.3) is 0 Å². The van der Waals surface area contributed by atoms with Crippen LogP contribution >= 0.6 is 23.2 Å². The molecule has 2 fully saturated rings. The lowest BCUT2D eigenvalue weighted by atomic mass is 9.76. The average Bonchev–Trinajstić information content (AvgIpc) is 2.68. The Morgan fingerprint density at radius 3 is 2.68 bits per heavy atom. The number of rotatable bonds is 2. The van der Waals surface area contributed by atoms with Crippen LogP contribution < -0.4 is 0 Å². The lowest BCUT2D eigenvalue weighted by molar-refractivity contribution is -0.152. The summed E-state index contributed by atoms with van der Waals surface area (Å²) in [5, 5.41) is 0.937. The number of ether oxygens (including phenoxy) is 1. The number of benzene rings is 1. The van der Waals surface area contributed by atoms with Gasteiger partial charge in [-0.3, -0.25) is 14.5 Å². The minimum absolute atomic E-state index is 0.0835. The number of halogens is 2. The topological polar surface area (TPSA) is 46.6 Å². The number of hydrogen-bond acceptors (Lipinski definition) is 4. The second-order valence-corrected chi connectivity index (χ2v) is 6.81. The van der Waals surface area contributed by atoms with Crippen molar-refractivity contribution in [1.82, 2.24) is 4.90 Å². The molecule has 0 spiro atoms. The van der Waals surface area contributed by atoms with Gasteiger partial charge in [-0.2, -0.15) is 0 Å². The number of carbonyl (C=O) groups is 2. The minimum Gasteiger partial charge on any atom is -0.469 e. The molecule has 2 bridgehead atoms. The highest BCUT2D eigenvalue weighted by Gasteiger charge is 2.53. The zero-order chi connectivity index (χ0) is 16.0. The second kappa shape index (κ2) is 5.84. The minimum atomic E-state index is -0.501. The van der Waals surface area contributed by atoms with Crippen LogP contribution in [0.2, 0.25) is 10.0 Å². The molecule has 2 aliphatic rings. The van der Waals surface area contributed by atoms with Crippen molar-refractivity contribution >= 4 is 35.0 Å². The molecule has 6 heteroatoms. The quantitative estimate of drug-likeness (QED) is 0.776. The Morgan fingerprint density at radius 1 is 1.32 bits per heavy atom. The van der Waals surface area contributed by atoms with E-state index in [1.165, 1.54) is 7.11 Å². The number of carbonyl (C=O) groups excluding carboxylic acids is 2. The van der Waals surface area contributed by atoms with E-state index in [1.54, 1.807) is 12.1 Å². The standard InChI is InChI=1S/C16H17Cl2NO3/c1-19-9-6-10(8-3-4-11(17)12(18)5-8)14(16(21)22-2)15(19)13(20)7-9/h3-5,9-10,14-15H,6-7H2,1-2H3/t9-,10+,14+,15-/m1/s1. The molecule has 3 rings (SSSR count). The second-order valence-electron chi connectivity index (χ2n) is 6.00. The van der Waals surface area contributed by atoms with Crippen molar-refractivity contribution in [1.29, 1.82) is 0 Å². The predicted octanol–water partition coefficient (Wildman–Crippen LogP) is 2.91. The molecule has 0 saturated carbocycles. The third-order valence-corrected chi connectivity index (χ3v) is 5.67. The zero-order valence-corrected chi connectivity index (χ0v) is 13.9. The molecule has 2 heterocycles. The zero-order valence-electron chi connectivity index (χ0n) is 12.4. The summed E-state index contributed by atoms with van der Waals surface area (Å²) in [6.45, 7) is 0. The number of likely N-dealkylation sites (N-methyl/N-ethyl adjacent to an activating group) is 1. The molecular weight excluding hydrogens is 325 g/mol. The van der Waals surface area contributed by atoms with E-state index in [0.29, 0.717) is 16.5 Å². The third kappa shape index (κ3) is 2.43. The molecule has 0 unspecified atom stereocenters. The van der Waals surface area contributed by atoms with E-state index >= 15 is 0 Å². The lowest BCUT2D eigenvalue weighted by Gasteiger charge is -2.40. The first-order valence-electron chi connectivity index (χ1n) is 7.21. The van der Waals surface area contributed by atoms with Crippen LogP contribution in [-0.4, -0.2) is 42.9 Å². The average molecular weight is 342 g/mol. The van der Waals surface area contributed by atoms with Crippen molar-refractivity contribution in [2.75, 3.05) is 14.2 Å². The first-order valence-corrected chi connectivity index (χ1v) is 7.97. The van der Waals surface area contributed by atoms with E-state index in [9.17, 15) is 9.59 Å². The number of hydrogen-bond donors (Lipinski definition) is 0. The summed E-state index contributed by atoms with van der Waals surface area (Å²) in [7, 11) is 3.26. The molecule has 1 aromatic carbocycles.